The van der Waals surface area contributed by atoms with Crippen LogP contribution in [0.4, 0.5) is 5.69 Å². The number of fused-ring (bicyclic) bond motifs is 2. The minimum absolute atomic E-state index is 0.0104. The molecule has 4 aromatic rings. The fourth-order valence-electron chi connectivity index (χ4n) is 4.95. The van der Waals surface area contributed by atoms with Crippen LogP contribution >= 0.6 is 0 Å². The molecule has 0 saturated carbocycles. The molecule has 0 spiro atoms. The van der Waals surface area contributed by atoms with Gasteiger partial charge in [-0.3, -0.25) is 4.79 Å². The van der Waals surface area contributed by atoms with Gasteiger partial charge in [-0.1, -0.05) is 30.3 Å². The van der Waals surface area contributed by atoms with Crippen LogP contribution in [0.3, 0.4) is 0 Å². The Balaban J connectivity index is 1.11. The van der Waals surface area contributed by atoms with Gasteiger partial charge in [-0.15, -0.1) is 0 Å². The maximum absolute atomic E-state index is 13.1. The van der Waals surface area contributed by atoms with Crippen LogP contribution in [0.2, 0.25) is 0 Å². The van der Waals surface area contributed by atoms with Crippen LogP contribution in [0, 0.1) is 0 Å². The summed E-state index contributed by atoms with van der Waals surface area (Å²) >= 11 is 0. The molecular formula is C28H27N3O4. The van der Waals surface area contributed by atoms with Crippen molar-refractivity contribution in [2.45, 2.75) is 13.2 Å². The maximum Gasteiger partial charge on any atom is 0.253 e. The van der Waals surface area contributed by atoms with Gasteiger partial charge in [0.25, 0.3) is 5.91 Å². The zero-order chi connectivity index (χ0) is 23.8. The van der Waals surface area contributed by atoms with Gasteiger partial charge in [-0.25, -0.2) is 0 Å². The van der Waals surface area contributed by atoms with Crippen LogP contribution in [-0.4, -0.2) is 53.5 Å². The van der Waals surface area contributed by atoms with E-state index in [1.807, 2.05) is 65.6 Å². The first-order chi connectivity index (χ1) is 17.2. The van der Waals surface area contributed by atoms with Crippen molar-refractivity contribution >= 4 is 22.5 Å². The van der Waals surface area contributed by atoms with E-state index in [9.17, 15) is 9.90 Å². The van der Waals surface area contributed by atoms with E-state index in [1.165, 1.54) is 0 Å². The first kappa shape index (κ1) is 21.6. The van der Waals surface area contributed by atoms with Gasteiger partial charge >= 0.3 is 0 Å². The van der Waals surface area contributed by atoms with Crippen molar-refractivity contribution in [2.24, 2.45) is 0 Å². The molecule has 0 unspecified atom stereocenters. The molecule has 0 aliphatic carbocycles. The number of piperazine rings is 1. The summed E-state index contributed by atoms with van der Waals surface area (Å²) in [4.78, 5) is 17.3. The molecule has 178 valence electrons. The van der Waals surface area contributed by atoms with Crippen molar-refractivity contribution in [3.63, 3.8) is 0 Å². The second kappa shape index (κ2) is 9.00. The monoisotopic (exact) mass is 469 g/mol. The van der Waals surface area contributed by atoms with Gasteiger partial charge in [-0.05, 0) is 47.3 Å². The second-order valence-corrected chi connectivity index (χ2v) is 8.95. The Labute approximate surface area is 203 Å². The third-order valence-corrected chi connectivity index (χ3v) is 6.89. The molecular weight excluding hydrogens is 442 g/mol. The maximum atomic E-state index is 13.1. The largest absolute Gasteiger partial charge is 0.454 e. The van der Waals surface area contributed by atoms with Crippen LogP contribution in [-0.2, 0) is 13.2 Å². The van der Waals surface area contributed by atoms with E-state index in [0.717, 1.165) is 52.4 Å². The number of hydrogen-bond donors (Lipinski definition) is 1. The minimum Gasteiger partial charge on any atom is -0.454 e. The van der Waals surface area contributed by atoms with Crippen LogP contribution < -0.4 is 14.4 Å². The van der Waals surface area contributed by atoms with E-state index >= 15 is 0 Å². The summed E-state index contributed by atoms with van der Waals surface area (Å²) in [6, 6.07) is 24.0. The summed E-state index contributed by atoms with van der Waals surface area (Å²) < 4.78 is 13.0. The van der Waals surface area contributed by atoms with E-state index in [0.29, 0.717) is 25.2 Å². The highest BCUT2D eigenvalue weighted by molar-refractivity contribution is 5.94. The third-order valence-electron chi connectivity index (χ3n) is 6.89. The number of hydrogen-bond acceptors (Lipinski definition) is 5. The highest BCUT2D eigenvalue weighted by atomic mass is 16.7. The van der Waals surface area contributed by atoms with Crippen molar-refractivity contribution in [3.8, 4) is 11.5 Å². The average molecular weight is 470 g/mol. The lowest BCUT2D eigenvalue weighted by molar-refractivity contribution is 0.0746. The van der Waals surface area contributed by atoms with Crippen molar-refractivity contribution < 1.29 is 19.4 Å². The highest BCUT2D eigenvalue weighted by Crippen LogP contribution is 2.35. The standard InChI is InChI=1S/C28H27N3O4/c32-18-24-15-22-3-1-2-4-25(22)31(24)17-20-5-7-21(8-6-20)28(33)30-13-11-29(12-14-30)23-9-10-26-27(16-23)35-19-34-26/h1-10,15-16,32H,11-14,17-19H2. The van der Waals surface area contributed by atoms with Crippen LogP contribution in [0.15, 0.2) is 72.8 Å². The lowest BCUT2D eigenvalue weighted by Gasteiger charge is -2.36. The molecule has 1 aromatic heterocycles. The Kier molecular flexibility index (Phi) is 5.54. The molecule has 1 saturated heterocycles. The van der Waals surface area contributed by atoms with E-state index in [2.05, 4.69) is 21.6 Å². The van der Waals surface area contributed by atoms with Crippen molar-refractivity contribution in [1.82, 2.24) is 9.47 Å². The van der Waals surface area contributed by atoms with Gasteiger partial charge in [0.2, 0.25) is 6.79 Å². The first-order valence-electron chi connectivity index (χ1n) is 11.9. The van der Waals surface area contributed by atoms with Gasteiger partial charge in [0.15, 0.2) is 11.5 Å². The lowest BCUT2D eigenvalue weighted by atomic mass is 10.1. The van der Waals surface area contributed by atoms with E-state index in [1.54, 1.807) is 0 Å². The van der Waals surface area contributed by atoms with Gasteiger partial charge in [-0.2, -0.15) is 0 Å². The Morgan fingerprint density at radius 3 is 2.43 bits per heavy atom. The molecule has 35 heavy (non-hydrogen) atoms. The predicted molar refractivity (Wildman–Crippen MR) is 134 cm³/mol. The molecule has 7 nitrogen and oxygen atoms in total. The summed E-state index contributed by atoms with van der Waals surface area (Å²) in [6.45, 7) is 3.79. The molecule has 0 bridgehead atoms. The number of para-hydroxylation sites is 1. The van der Waals surface area contributed by atoms with E-state index < -0.39 is 0 Å². The smallest absolute Gasteiger partial charge is 0.253 e. The van der Waals surface area contributed by atoms with Crippen molar-refractivity contribution in [3.05, 3.63) is 89.6 Å². The number of aliphatic hydroxyl groups is 1. The van der Waals surface area contributed by atoms with Crippen LogP contribution in [0.25, 0.3) is 10.9 Å². The molecule has 0 atom stereocenters. The summed E-state index contributed by atoms with van der Waals surface area (Å²) in [7, 11) is 0. The predicted octanol–water partition coefficient (Wildman–Crippen LogP) is 3.87. The topological polar surface area (TPSA) is 67.2 Å². The molecule has 1 amide bonds. The van der Waals surface area contributed by atoms with Crippen LogP contribution in [0.5, 0.6) is 11.5 Å². The minimum atomic E-state index is -0.0104. The summed E-state index contributed by atoms with van der Waals surface area (Å²) in [5.74, 6) is 1.62. The fourth-order valence-corrected chi connectivity index (χ4v) is 4.95. The first-order valence-corrected chi connectivity index (χ1v) is 11.9. The molecule has 7 heteroatoms. The number of aromatic nitrogens is 1. The number of benzene rings is 3. The summed E-state index contributed by atoms with van der Waals surface area (Å²) in [5.41, 5.74) is 4.85. The number of nitrogens with zero attached hydrogens (tertiary/aromatic N) is 3. The van der Waals surface area contributed by atoms with E-state index in [4.69, 9.17) is 9.47 Å². The van der Waals surface area contributed by atoms with Gasteiger partial charge < -0.3 is 28.9 Å². The summed E-state index contributed by atoms with van der Waals surface area (Å²) in [6.07, 6.45) is 0. The Morgan fingerprint density at radius 2 is 1.63 bits per heavy atom. The fraction of sp³-hybridized carbons (Fsp3) is 0.250. The molecule has 2 aliphatic rings. The number of rotatable bonds is 5. The zero-order valence-corrected chi connectivity index (χ0v) is 19.4. The van der Waals surface area contributed by atoms with Crippen molar-refractivity contribution in [1.29, 1.82) is 0 Å². The zero-order valence-electron chi connectivity index (χ0n) is 19.4. The summed E-state index contributed by atoms with van der Waals surface area (Å²) in [5, 5.41) is 10.9. The molecule has 3 heterocycles. The number of carbonyl (C=O) groups is 1. The molecule has 1 N–H and O–H groups in total. The third kappa shape index (κ3) is 4.08. The van der Waals surface area contributed by atoms with E-state index in [-0.39, 0.29) is 19.3 Å². The second-order valence-electron chi connectivity index (χ2n) is 8.95. The molecule has 3 aromatic carbocycles. The van der Waals surface area contributed by atoms with Gasteiger partial charge in [0, 0.05) is 61.3 Å². The van der Waals surface area contributed by atoms with Gasteiger partial charge in [0.05, 0.1) is 6.61 Å². The van der Waals surface area contributed by atoms with Gasteiger partial charge in [0.1, 0.15) is 0 Å². The quantitative estimate of drug-likeness (QED) is 0.481. The van der Waals surface area contributed by atoms with Crippen molar-refractivity contribution in [2.75, 3.05) is 37.9 Å². The number of aliphatic hydroxyl groups excluding tert-OH is 1. The number of amides is 1. The number of carbonyl (C=O) groups excluding carboxylic acids is 1. The number of ether oxygens (including phenoxy) is 2. The SMILES string of the molecule is O=C(c1ccc(Cn2c(CO)cc3ccccc32)cc1)N1CCN(c2ccc3c(c2)OCO3)CC1. The van der Waals surface area contributed by atoms with Crippen LogP contribution in [0.1, 0.15) is 21.6 Å². The Morgan fingerprint density at radius 1 is 0.857 bits per heavy atom. The lowest BCUT2D eigenvalue weighted by Crippen LogP contribution is -2.48. The molecule has 6 rings (SSSR count). The Hall–Kier alpha value is -3.97. The normalized spacial score (nSPS) is 15.1. The number of anilines is 1. The molecule has 0 radical (unpaired) electrons. The average Bonchev–Trinajstić information content (AvgIpc) is 3.53. The molecule has 1 fully saturated rings. The Bertz CT molecular complexity index is 1370. The molecule has 2 aliphatic heterocycles. The highest BCUT2D eigenvalue weighted by Gasteiger charge is 2.24.